The molecule has 1 unspecified atom stereocenters. The molecule has 1 aliphatic carbocycles. The minimum atomic E-state index is 0.291. The van der Waals surface area contributed by atoms with Gasteiger partial charge in [0, 0.05) is 31.1 Å². The lowest BCUT2D eigenvalue weighted by Crippen LogP contribution is -2.42. The summed E-state index contributed by atoms with van der Waals surface area (Å²) in [6.07, 6.45) is 5.94. The van der Waals surface area contributed by atoms with Crippen molar-refractivity contribution >= 4 is 17.2 Å². The van der Waals surface area contributed by atoms with Gasteiger partial charge in [0.2, 0.25) is 11.6 Å². The molecule has 0 bridgehead atoms. The van der Waals surface area contributed by atoms with E-state index in [9.17, 15) is 4.79 Å². The summed E-state index contributed by atoms with van der Waals surface area (Å²) in [6, 6.07) is 9.84. The van der Waals surface area contributed by atoms with Gasteiger partial charge in [-0.15, -0.1) is 10.2 Å². The van der Waals surface area contributed by atoms with E-state index in [1.165, 1.54) is 0 Å². The van der Waals surface area contributed by atoms with Crippen LogP contribution in [-0.2, 0) is 4.79 Å². The first kappa shape index (κ1) is 18.8. The number of likely N-dealkylation sites (tertiary alicyclic amines) is 1. The summed E-state index contributed by atoms with van der Waals surface area (Å²) >= 11 is 0. The van der Waals surface area contributed by atoms with Crippen molar-refractivity contribution in [2.24, 2.45) is 11.8 Å². The number of rotatable bonds is 6. The van der Waals surface area contributed by atoms with Gasteiger partial charge in [-0.25, -0.2) is 0 Å². The Morgan fingerprint density at radius 2 is 2.07 bits per heavy atom. The van der Waals surface area contributed by atoms with E-state index in [2.05, 4.69) is 25.5 Å². The quantitative estimate of drug-likeness (QED) is 0.678. The predicted octanol–water partition coefficient (Wildman–Crippen LogP) is 2.86. The van der Waals surface area contributed by atoms with Crippen LogP contribution in [0.25, 0.3) is 16.9 Å². The van der Waals surface area contributed by atoms with Crippen LogP contribution in [0.15, 0.2) is 36.7 Å². The van der Waals surface area contributed by atoms with Gasteiger partial charge in [-0.2, -0.15) is 9.61 Å². The number of amides is 1. The molecule has 8 heteroatoms. The van der Waals surface area contributed by atoms with Crippen LogP contribution in [0.3, 0.4) is 0 Å². The maximum atomic E-state index is 12.4. The number of methoxy groups -OCH3 is 1. The Balaban J connectivity index is 1.33. The fourth-order valence-electron chi connectivity index (χ4n) is 4.13. The van der Waals surface area contributed by atoms with Gasteiger partial charge in [0.15, 0.2) is 0 Å². The maximum Gasteiger partial charge on any atom is 0.225 e. The molecule has 1 N–H and O–H groups in total. The zero-order valence-electron chi connectivity index (χ0n) is 17.1. The first-order valence-corrected chi connectivity index (χ1v) is 10.6. The lowest BCUT2D eigenvalue weighted by Gasteiger charge is -2.33. The zero-order valence-corrected chi connectivity index (χ0v) is 17.1. The minimum Gasteiger partial charge on any atom is -0.497 e. The molecule has 1 aromatic carbocycles. The van der Waals surface area contributed by atoms with Gasteiger partial charge < -0.3 is 15.0 Å². The second kappa shape index (κ2) is 7.93. The van der Waals surface area contributed by atoms with E-state index in [4.69, 9.17) is 4.74 Å². The standard InChI is InChI=1S/C22H26N6O2/c1-30-18-8-6-16(7-9-18)19-11-20(21-25-24-14-28(21)26-19)23-12-15-3-2-10-27(13-15)22(29)17-4-5-17/h6-9,11,14-15,17,23H,2-5,10,12-13H2,1H3. The molecule has 0 spiro atoms. The van der Waals surface area contributed by atoms with Gasteiger partial charge >= 0.3 is 0 Å². The van der Waals surface area contributed by atoms with Gasteiger partial charge in [-0.05, 0) is 61.9 Å². The van der Waals surface area contributed by atoms with Crippen LogP contribution in [0.2, 0.25) is 0 Å². The predicted molar refractivity (Wildman–Crippen MR) is 113 cm³/mol. The second-order valence-electron chi connectivity index (χ2n) is 8.22. The number of anilines is 1. The van der Waals surface area contributed by atoms with Crippen molar-refractivity contribution in [3.05, 3.63) is 36.7 Å². The van der Waals surface area contributed by atoms with E-state index in [-0.39, 0.29) is 0 Å². The number of fused-ring (bicyclic) bond motifs is 1. The summed E-state index contributed by atoms with van der Waals surface area (Å²) in [6.45, 7) is 2.53. The third-order valence-corrected chi connectivity index (χ3v) is 5.99. The molecule has 5 rings (SSSR count). The second-order valence-corrected chi connectivity index (χ2v) is 8.22. The Labute approximate surface area is 175 Å². The van der Waals surface area contributed by atoms with Gasteiger partial charge in [-0.1, -0.05) is 0 Å². The van der Waals surface area contributed by atoms with Crippen LogP contribution in [-0.4, -0.2) is 57.4 Å². The average molecular weight is 406 g/mol. The molecule has 0 radical (unpaired) electrons. The molecule has 2 aromatic heterocycles. The van der Waals surface area contributed by atoms with E-state index in [0.29, 0.717) is 23.4 Å². The highest BCUT2D eigenvalue weighted by molar-refractivity contribution is 5.81. The third-order valence-electron chi connectivity index (χ3n) is 5.99. The molecule has 3 aromatic rings. The molecule has 1 aliphatic heterocycles. The summed E-state index contributed by atoms with van der Waals surface area (Å²) in [5.41, 5.74) is 3.43. The van der Waals surface area contributed by atoms with Crippen LogP contribution in [0, 0.1) is 11.8 Å². The van der Waals surface area contributed by atoms with Crippen molar-refractivity contribution in [3.8, 4) is 17.0 Å². The summed E-state index contributed by atoms with van der Waals surface area (Å²) in [7, 11) is 1.66. The fourth-order valence-corrected chi connectivity index (χ4v) is 4.13. The van der Waals surface area contributed by atoms with E-state index >= 15 is 0 Å². The Kier molecular flexibility index (Phi) is 4.98. The monoisotopic (exact) mass is 406 g/mol. The molecule has 8 nitrogen and oxygen atoms in total. The molecule has 1 amide bonds. The van der Waals surface area contributed by atoms with Gasteiger partial charge in [-0.3, -0.25) is 4.79 Å². The topological polar surface area (TPSA) is 84.6 Å². The SMILES string of the molecule is COc1ccc(-c2cc(NCC3CCCN(C(=O)C4CC4)C3)c3nncn3n2)cc1. The van der Waals surface area contributed by atoms with E-state index < -0.39 is 0 Å². The number of nitrogens with zero attached hydrogens (tertiary/aromatic N) is 5. The molecule has 1 saturated heterocycles. The molecular weight excluding hydrogens is 380 g/mol. The Hall–Kier alpha value is -3.16. The first-order chi connectivity index (χ1) is 14.7. The van der Waals surface area contributed by atoms with Crippen LogP contribution in [0.1, 0.15) is 25.7 Å². The third kappa shape index (κ3) is 3.81. The number of hydrogen-bond acceptors (Lipinski definition) is 6. The molecule has 2 fully saturated rings. The van der Waals surface area contributed by atoms with Gasteiger partial charge in [0.05, 0.1) is 18.5 Å². The molecule has 2 aliphatic rings. The number of ether oxygens (including phenoxy) is 1. The van der Waals surface area contributed by atoms with Crippen LogP contribution in [0.4, 0.5) is 5.69 Å². The summed E-state index contributed by atoms with van der Waals surface area (Å²) in [4.78, 5) is 14.5. The highest BCUT2D eigenvalue weighted by atomic mass is 16.5. The molecule has 30 heavy (non-hydrogen) atoms. The fraction of sp³-hybridized carbons (Fsp3) is 0.455. The average Bonchev–Trinajstić information content (AvgIpc) is 3.54. The number of piperidine rings is 1. The van der Waals surface area contributed by atoms with Gasteiger partial charge in [0.1, 0.15) is 12.1 Å². The largest absolute Gasteiger partial charge is 0.497 e. The van der Waals surface area contributed by atoms with Crippen molar-refractivity contribution in [1.29, 1.82) is 0 Å². The minimum absolute atomic E-state index is 0.291. The molecule has 156 valence electrons. The van der Waals surface area contributed by atoms with E-state index in [1.807, 2.05) is 30.3 Å². The van der Waals surface area contributed by atoms with Crippen LogP contribution in [0.5, 0.6) is 5.75 Å². The molecule has 1 atom stereocenters. The van der Waals surface area contributed by atoms with E-state index in [0.717, 1.165) is 68.0 Å². The maximum absolute atomic E-state index is 12.4. The summed E-state index contributed by atoms with van der Waals surface area (Å²) in [5.74, 6) is 1.89. The molecule has 3 heterocycles. The molecular formula is C22H26N6O2. The number of carbonyl (C=O) groups is 1. The lowest BCUT2D eigenvalue weighted by molar-refractivity contribution is -0.134. The smallest absolute Gasteiger partial charge is 0.225 e. The number of nitrogens with one attached hydrogen (secondary N) is 1. The summed E-state index contributed by atoms with van der Waals surface area (Å²) in [5, 5.41) is 16.4. The number of hydrogen-bond donors (Lipinski definition) is 1. The highest BCUT2D eigenvalue weighted by Gasteiger charge is 2.35. The normalized spacial score (nSPS) is 19.1. The Morgan fingerprint density at radius 1 is 1.23 bits per heavy atom. The van der Waals surface area contributed by atoms with Crippen LogP contribution >= 0.6 is 0 Å². The van der Waals surface area contributed by atoms with Gasteiger partial charge in [0.25, 0.3) is 0 Å². The Bertz CT molecular complexity index is 1040. The van der Waals surface area contributed by atoms with E-state index in [1.54, 1.807) is 18.0 Å². The number of benzene rings is 1. The zero-order chi connectivity index (χ0) is 20.5. The lowest BCUT2D eigenvalue weighted by atomic mass is 9.97. The van der Waals surface area contributed by atoms with Crippen molar-refractivity contribution < 1.29 is 9.53 Å². The molecule has 1 saturated carbocycles. The highest BCUT2D eigenvalue weighted by Crippen LogP contribution is 2.32. The number of aromatic nitrogens is 4. The number of carbonyl (C=O) groups excluding carboxylic acids is 1. The van der Waals surface area contributed by atoms with Crippen molar-refractivity contribution in [1.82, 2.24) is 24.7 Å². The van der Waals surface area contributed by atoms with Crippen molar-refractivity contribution in [2.45, 2.75) is 25.7 Å². The first-order valence-electron chi connectivity index (χ1n) is 10.6. The Morgan fingerprint density at radius 3 is 2.83 bits per heavy atom. The van der Waals surface area contributed by atoms with Crippen molar-refractivity contribution in [2.75, 3.05) is 32.1 Å². The van der Waals surface area contributed by atoms with Crippen LogP contribution < -0.4 is 10.1 Å². The summed E-state index contributed by atoms with van der Waals surface area (Å²) < 4.78 is 6.95. The van der Waals surface area contributed by atoms with Crippen molar-refractivity contribution in [3.63, 3.8) is 0 Å².